The van der Waals surface area contributed by atoms with E-state index in [4.69, 9.17) is 16.3 Å². The van der Waals surface area contributed by atoms with Gasteiger partial charge in [-0.2, -0.15) is 0 Å². The molecule has 0 bridgehead atoms. The molecule has 2 rings (SSSR count). The van der Waals surface area contributed by atoms with Crippen LogP contribution in [-0.2, 0) is 4.79 Å². The summed E-state index contributed by atoms with van der Waals surface area (Å²) in [5.74, 6) is 0.319. The number of halogens is 1. The van der Waals surface area contributed by atoms with Crippen LogP contribution in [0.5, 0.6) is 5.75 Å². The standard InChI is InChI=1S/C19H20ClNO3/c1-19(2,3)18(23)21-15-9-7-13(8-10-15)17(22)12-24-16-6-4-5-14(20)11-16/h4-11H,12H2,1-3H3,(H,21,23). The third-order valence-corrected chi connectivity index (χ3v) is 3.55. The Morgan fingerprint density at radius 3 is 2.33 bits per heavy atom. The van der Waals surface area contributed by atoms with Gasteiger partial charge in [0.25, 0.3) is 0 Å². The lowest BCUT2D eigenvalue weighted by molar-refractivity contribution is -0.123. The van der Waals surface area contributed by atoms with Crippen LogP contribution < -0.4 is 10.1 Å². The molecule has 1 N–H and O–H groups in total. The minimum atomic E-state index is -0.473. The summed E-state index contributed by atoms with van der Waals surface area (Å²) in [5, 5.41) is 3.37. The van der Waals surface area contributed by atoms with Gasteiger partial charge >= 0.3 is 0 Å². The first-order valence-corrected chi connectivity index (χ1v) is 7.96. The second kappa shape index (κ2) is 7.49. The maximum atomic E-state index is 12.2. The number of rotatable bonds is 5. The molecule has 2 aromatic carbocycles. The number of hydrogen-bond acceptors (Lipinski definition) is 3. The summed E-state index contributed by atoms with van der Waals surface area (Å²) < 4.78 is 5.44. The van der Waals surface area contributed by atoms with Crippen molar-refractivity contribution in [2.24, 2.45) is 5.41 Å². The molecule has 0 aromatic heterocycles. The van der Waals surface area contributed by atoms with Crippen LogP contribution in [0.3, 0.4) is 0 Å². The van der Waals surface area contributed by atoms with E-state index in [0.717, 1.165) is 0 Å². The highest BCUT2D eigenvalue weighted by molar-refractivity contribution is 6.30. The van der Waals surface area contributed by atoms with Crippen LogP contribution in [0.2, 0.25) is 5.02 Å². The molecule has 1 amide bonds. The van der Waals surface area contributed by atoms with E-state index in [1.807, 2.05) is 20.8 Å². The van der Waals surface area contributed by atoms with Gasteiger partial charge in [0, 0.05) is 21.7 Å². The lowest BCUT2D eigenvalue weighted by Crippen LogP contribution is -2.27. The summed E-state index contributed by atoms with van der Waals surface area (Å²) in [6.45, 7) is 5.45. The van der Waals surface area contributed by atoms with Crippen molar-refractivity contribution >= 4 is 29.0 Å². The molecule has 5 heteroatoms. The van der Waals surface area contributed by atoms with Crippen molar-refractivity contribution in [3.63, 3.8) is 0 Å². The van der Waals surface area contributed by atoms with E-state index in [9.17, 15) is 9.59 Å². The highest BCUT2D eigenvalue weighted by Gasteiger charge is 2.21. The van der Waals surface area contributed by atoms with Crippen molar-refractivity contribution in [2.45, 2.75) is 20.8 Å². The Morgan fingerprint density at radius 1 is 1.08 bits per heavy atom. The SMILES string of the molecule is CC(C)(C)C(=O)Nc1ccc(C(=O)COc2cccc(Cl)c2)cc1. The monoisotopic (exact) mass is 345 g/mol. The number of ketones is 1. The Balaban J connectivity index is 1.95. The molecule has 0 unspecified atom stereocenters. The molecular weight excluding hydrogens is 326 g/mol. The molecule has 2 aromatic rings. The lowest BCUT2D eigenvalue weighted by atomic mass is 9.95. The largest absolute Gasteiger partial charge is 0.485 e. The fourth-order valence-electron chi connectivity index (χ4n) is 1.85. The summed E-state index contributed by atoms with van der Waals surface area (Å²) in [6, 6.07) is 13.6. The second-order valence-corrected chi connectivity index (χ2v) is 6.89. The predicted octanol–water partition coefficient (Wildman–Crippen LogP) is 4.59. The minimum absolute atomic E-state index is 0.0754. The Labute approximate surface area is 146 Å². The molecule has 0 aliphatic heterocycles. The number of benzene rings is 2. The molecule has 0 atom stereocenters. The van der Waals surface area contributed by atoms with Crippen LogP contribution in [0.4, 0.5) is 5.69 Å². The molecule has 0 saturated carbocycles. The maximum Gasteiger partial charge on any atom is 0.229 e. The number of amides is 1. The molecule has 0 aliphatic rings. The zero-order chi connectivity index (χ0) is 17.7. The number of ether oxygens (including phenoxy) is 1. The highest BCUT2D eigenvalue weighted by Crippen LogP contribution is 2.19. The molecular formula is C19H20ClNO3. The van der Waals surface area contributed by atoms with Crippen LogP contribution in [-0.4, -0.2) is 18.3 Å². The van der Waals surface area contributed by atoms with Gasteiger partial charge in [-0.25, -0.2) is 0 Å². The van der Waals surface area contributed by atoms with Crippen LogP contribution in [0.15, 0.2) is 48.5 Å². The number of Topliss-reactive ketones (excluding diaryl/α,β-unsaturated/α-hetero) is 1. The molecule has 0 aliphatic carbocycles. The van der Waals surface area contributed by atoms with Gasteiger partial charge in [-0.1, -0.05) is 38.4 Å². The van der Waals surface area contributed by atoms with E-state index in [0.29, 0.717) is 22.0 Å². The van der Waals surface area contributed by atoms with E-state index in [2.05, 4.69) is 5.32 Å². The Morgan fingerprint density at radius 2 is 1.75 bits per heavy atom. The topological polar surface area (TPSA) is 55.4 Å². The summed E-state index contributed by atoms with van der Waals surface area (Å²) in [4.78, 5) is 24.1. The van der Waals surface area contributed by atoms with Gasteiger partial charge in [0.1, 0.15) is 5.75 Å². The fraction of sp³-hybridized carbons (Fsp3) is 0.263. The number of anilines is 1. The first-order valence-electron chi connectivity index (χ1n) is 7.59. The third-order valence-electron chi connectivity index (χ3n) is 3.31. The normalized spacial score (nSPS) is 11.0. The van der Waals surface area contributed by atoms with Crippen molar-refractivity contribution in [2.75, 3.05) is 11.9 Å². The van der Waals surface area contributed by atoms with Crippen LogP contribution in [0.1, 0.15) is 31.1 Å². The molecule has 0 heterocycles. The summed E-state index contributed by atoms with van der Waals surface area (Å²) in [5.41, 5.74) is 0.701. The van der Waals surface area contributed by atoms with Gasteiger partial charge in [-0.15, -0.1) is 0 Å². The van der Waals surface area contributed by atoms with Gasteiger partial charge in [0.05, 0.1) is 0 Å². The number of carbonyl (C=O) groups excluding carboxylic acids is 2. The molecule has 24 heavy (non-hydrogen) atoms. The first-order chi connectivity index (χ1) is 11.3. The van der Waals surface area contributed by atoms with E-state index in [1.165, 1.54) is 0 Å². The van der Waals surface area contributed by atoms with E-state index >= 15 is 0 Å². The summed E-state index contributed by atoms with van der Waals surface area (Å²) in [6.07, 6.45) is 0. The molecule has 0 spiro atoms. The summed E-state index contributed by atoms with van der Waals surface area (Å²) in [7, 11) is 0. The molecule has 4 nitrogen and oxygen atoms in total. The van der Waals surface area contributed by atoms with Gasteiger partial charge in [-0.3, -0.25) is 9.59 Å². The Kier molecular flexibility index (Phi) is 5.62. The maximum absolute atomic E-state index is 12.2. The van der Waals surface area contributed by atoms with Crippen molar-refractivity contribution < 1.29 is 14.3 Å². The average Bonchev–Trinajstić information content (AvgIpc) is 2.52. The molecule has 126 valence electrons. The van der Waals surface area contributed by atoms with Crippen LogP contribution in [0.25, 0.3) is 0 Å². The Hall–Kier alpha value is -2.33. The number of hydrogen-bond donors (Lipinski definition) is 1. The third kappa shape index (κ3) is 5.10. The minimum Gasteiger partial charge on any atom is -0.485 e. The van der Waals surface area contributed by atoms with Crippen molar-refractivity contribution in [3.8, 4) is 5.75 Å². The average molecular weight is 346 g/mol. The first kappa shape index (κ1) is 18.0. The van der Waals surface area contributed by atoms with E-state index in [1.54, 1.807) is 48.5 Å². The van der Waals surface area contributed by atoms with E-state index in [-0.39, 0.29) is 18.3 Å². The highest BCUT2D eigenvalue weighted by atomic mass is 35.5. The van der Waals surface area contributed by atoms with Gasteiger partial charge < -0.3 is 10.1 Å². The van der Waals surface area contributed by atoms with Gasteiger partial charge in [0.2, 0.25) is 5.91 Å². The molecule has 0 radical (unpaired) electrons. The lowest BCUT2D eigenvalue weighted by Gasteiger charge is -2.17. The predicted molar refractivity (Wildman–Crippen MR) is 95.8 cm³/mol. The van der Waals surface area contributed by atoms with Crippen molar-refractivity contribution in [1.82, 2.24) is 0 Å². The van der Waals surface area contributed by atoms with Gasteiger partial charge in [0.15, 0.2) is 12.4 Å². The number of nitrogens with one attached hydrogen (secondary N) is 1. The summed E-state index contributed by atoms with van der Waals surface area (Å²) >= 11 is 5.87. The second-order valence-electron chi connectivity index (χ2n) is 6.45. The molecule has 0 fully saturated rings. The zero-order valence-corrected chi connectivity index (χ0v) is 14.7. The van der Waals surface area contributed by atoms with Crippen molar-refractivity contribution in [3.05, 3.63) is 59.1 Å². The smallest absolute Gasteiger partial charge is 0.229 e. The van der Waals surface area contributed by atoms with Crippen LogP contribution in [0, 0.1) is 5.41 Å². The molecule has 0 saturated heterocycles. The zero-order valence-electron chi connectivity index (χ0n) is 13.9. The number of carbonyl (C=O) groups is 2. The fourth-order valence-corrected chi connectivity index (χ4v) is 2.03. The Bertz CT molecular complexity index is 733. The quantitative estimate of drug-likeness (QED) is 0.806. The van der Waals surface area contributed by atoms with Gasteiger partial charge in [-0.05, 0) is 42.5 Å². The van der Waals surface area contributed by atoms with Crippen molar-refractivity contribution in [1.29, 1.82) is 0 Å². The van der Waals surface area contributed by atoms with Crippen LogP contribution >= 0.6 is 11.6 Å². The van der Waals surface area contributed by atoms with E-state index < -0.39 is 5.41 Å².